The Morgan fingerprint density at radius 1 is 0.717 bits per heavy atom. The molecule has 9 nitrogen and oxygen atoms in total. The van der Waals surface area contributed by atoms with Crippen LogP contribution >= 0.6 is 0 Å². The third-order valence-electron chi connectivity index (χ3n) is 8.35. The lowest BCUT2D eigenvalue weighted by molar-refractivity contribution is 0.135. The molecule has 4 N–H and O–H groups in total. The standard InChI is InChI=1S/C37H41N5O4/c1-5-17-41-22-28(20-38-24(3)34(43)26-13-9-7-10-14-26)32-30(36(41)45)19-31-33(40-32)29(23-42(18-6-2)37(31)46)21-39-25(4)35(44)27-15-11-8-12-16-27/h5-16,19,22-25,34-35,38-39,43-44H,1-2,17-18,20-21H2,3-4H3. The van der Waals surface area contributed by atoms with Crippen molar-refractivity contribution in [3.8, 4) is 0 Å². The van der Waals surface area contributed by atoms with Gasteiger partial charge in [0, 0.05) is 61.8 Å². The van der Waals surface area contributed by atoms with Gasteiger partial charge in [0.15, 0.2) is 0 Å². The molecular formula is C37H41N5O4. The molecule has 0 amide bonds. The minimum Gasteiger partial charge on any atom is -0.387 e. The van der Waals surface area contributed by atoms with Crippen LogP contribution in [0.4, 0.5) is 0 Å². The summed E-state index contributed by atoms with van der Waals surface area (Å²) in [4.78, 5) is 32.2. The Kier molecular flexibility index (Phi) is 10.4. The molecule has 0 bridgehead atoms. The van der Waals surface area contributed by atoms with Crippen molar-refractivity contribution in [3.05, 3.63) is 147 Å². The van der Waals surface area contributed by atoms with Gasteiger partial charge in [0.25, 0.3) is 11.1 Å². The summed E-state index contributed by atoms with van der Waals surface area (Å²) < 4.78 is 3.11. The summed E-state index contributed by atoms with van der Waals surface area (Å²) in [6, 6.07) is 19.9. The first-order chi connectivity index (χ1) is 22.2. The molecule has 5 aromatic rings. The molecule has 3 heterocycles. The zero-order valence-corrected chi connectivity index (χ0v) is 26.3. The molecule has 238 valence electrons. The van der Waals surface area contributed by atoms with Crippen molar-refractivity contribution >= 4 is 21.8 Å². The number of aliphatic hydroxyl groups excluding tert-OH is 2. The first-order valence-electron chi connectivity index (χ1n) is 15.5. The quantitative estimate of drug-likeness (QED) is 0.107. The smallest absolute Gasteiger partial charge is 0.260 e. The highest BCUT2D eigenvalue weighted by molar-refractivity contribution is 5.94. The van der Waals surface area contributed by atoms with Gasteiger partial charge in [-0.05, 0) is 31.0 Å². The van der Waals surface area contributed by atoms with Crippen molar-refractivity contribution in [2.75, 3.05) is 0 Å². The van der Waals surface area contributed by atoms with Crippen LogP contribution in [-0.4, -0.2) is 36.4 Å². The van der Waals surface area contributed by atoms with Crippen molar-refractivity contribution in [3.63, 3.8) is 0 Å². The first-order valence-corrected chi connectivity index (χ1v) is 15.5. The predicted molar refractivity (Wildman–Crippen MR) is 184 cm³/mol. The molecule has 0 aliphatic rings. The summed E-state index contributed by atoms with van der Waals surface area (Å²) in [5.41, 5.74) is 3.49. The van der Waals surface area contributed by atoms with Crippen LogP contribution < -0.4 is 21.8 Å². The minimum absolute atomic E-state index is 0.275. The second kappa shape index (κ2) is 14.6. The van der Waals surface area contributed by atoms with Crippen LogP contribution in [0.25, 0.3) is 21.8 Å². The topological polar surface area (TPSA) is 121 Å². The van der Waals surface area contributed by atoms with Crippen LogP contribution in [0.2, 0.25) is 0 Å². The normalized spacial score (nSPS) is 14.2. The first kappa shape index (κ1) is 32.7. The van der Waals surface area contributed by atoms with Crippen molar-refractivity contribution in [1.29, 1.82) is 0 Å². The van der Waals surface area contributed by atoms with E-state index in [1.807, 2.05) is 74.5 Å². The zero-order chi connectivity index (χ0) is 32.8. The lowest BCUT2D eigenvalue weighted by atomic mass is 10.0. The van der Waals surface area contributed by atoms with Gasteiger partial charge in [-0.25, -0.2) is 4.98 Å². The molecule has 9 heteroatoms. The van der Waals surface area contributed by atoms with E-state index in [1.54, 1.807) is 39.7 Å². The molecule has 0 saturated carbocycles. The average Bonchev–Trinajstić information content (AvgIpc) is 3.09. The zero-order valence-electron chi connectivity index (χ0n) is 26.3. The van der Waals surface area contributed by atoms with Gasteiger partial charge < -0.3 is 30.0 Å². The maximum atomic E-state index is 13.6. The van der Waals surface area contributed by atoms with E-state index in [-0.39, 0.29) is 36.3 Å². The van der Waals surface area contributed by atoms with E-state index in [9.17, 15) is 19.8 Å². The molecule has 0 radical (unpaired) electrons. The largest absolute Gasteiger partial charge is 0.387 e. The van der Waals surface area contributed by atoms with Gasteiger partial charge in [0.2, 0.25) is 0 Å². The Labute approximate surface area is 268 Å². The summed E-state index contributed by atoms with van der Waals surface area (Å²) in [7, 11) is 0. The third kappa shape index (κ3) is 6.93. The Morgan fingerprint density at radius 3 is 1.48 bits per heavy atom. The number of hydrogen-bond acceptors (Lipinski definition) is 7. The molecule has 0 spiro atoms. The van der Waals surface area contributed by atoms with Crippen molar-refractivity contribution in [1.82, 2.24) is 24.8 Å². The predicted octanol–water partition coefficient (Wildman–Crippen LogP) is 4.51. The van der Waals surface area contributed by atoms with Crippen LogP contribution in [0.3, 0.4) is 0 Å². The number of nitrogens with zero attached hydrogens (tertiary/aromatic N) is 3. The fourth-order valence-corrected chi connectivity index (χ4v) is 5.71. The van der Waals surface area contributed by atoms with E-state index in [1.165, 1.54) is 0 Å². The summed E-state index contributed by atoms with van der Waals surface area (Å²) in [5, 5.41) is 29.3. The summed E-state index contributed by atoms with van der Waals surface area (Å²) >= 11 is 0. The lowest BCUT2D eigenvalue weighted by Crippen LogP contribution is -2.33. The number of benzene rings is 2. The number of hydrogen-bond donors (Lipinski definition) is 4. The monoisotopic (exact) mass is 619 g/mol. The Hall–Kier alpha value is -4.67. The van der Waals surface area contributed by atoms with Crippen LogP contribution in [-0.2, 0) is 26.2 Å². The second-order valence-corrected chi connectivity index (χ2v) is 11.6. The Balaban J connectivity index is 1.57. The number of fused-ring (bicyclic) bond motifs is 2. The van der Waals surface area contributed by atoms with Crippen molar-refractivity contribution in [2.24, 2.45) is 0 Å². The van der Waals surface area contributed by atoms with Gasteiger partial charge in [-0.3, -0.25) is 9.59 Å². The Bertz CT molecular complexity index is 1810. The van der Waals surface area contributed by atoms with E-state index in [0.717, 1.165) is 22.3 Å². The lowest BCUT2D eigenvalue weighted by Gasteiger charge is -2.22. The van der Waals surface area contributed by atoms with E-state index < -0.39 is 12.2 Å². The number of aromatic nitrogens is 3. The van der Waals surface area contributed by atoms with Crippen molar-refractivity contribution < 1.29 is 10.2 Å². The summed E-state index contributed by atoms with van der Waals surface area (Å²) in [6.07, 6.45) is 5.33. The van der Waals surface area contributed by atoms with Crippen LogP contribution in [0.1, 0.15) is 48.3 Å². The van der Waals surface area contributed by atoms with E-state index in [0.29, 0.717) is 34.9 Å². The molecule has 46 heavy (non-hydrogen) atoms. The SMILES string of the molecule is C=CCn1cc(CNC(C)C(O)c2ccccc2)c2nc3c(CNC(C)C(O)c4ccccc4)cn(CC=C)c(=O)c3cc2c1=O. The van der Waals surface area contributed by atoms with Crippen molar-refractivity contribution in [2.45, 2.75) is 64.3 Å². The van der Waals surface area contributed by atoms with E-state index >= 15 is 0 Å². The fraction of sp³-hybridized carbons (Fsp3) is 0.270. The van der Waals surface area contributed by atoms with E-state index in [2.05, 4.69) is 23.8 Å². The molecule has 5 rings (SSSR count). The molecule has 0 aliphatic carbocycles. The van der Waals surface area contributed by atoms with Gasteiger partial charge in [-0.15, -0.1) is 13.2 Å². The number of allylic oxidation sites excluding steroid dienone is 2. The highest BCUT2D eigenvalue weighted by atomic mass is 16.3. The second-order valence-electron chi connectivity index (χ2n) is 11.6. The highest BCUT2D eigenvalue weighted by Crippen LogP contribution is 2.24. The van der Waals surface area contributed by atoms with Gasteiger partial charge in [0.1, 0.15) is 0 Å². The number of rotatable bonds is 14. The van der Waals surface area contributed by atoms with Crippen LogP contribution in [0.15, 0.2) is 114 Å². The molecular weight excluding hydrogens is 578 g/mol. The van der Waals surface area contributed by atoms with Gasteiger partial charge >= 0.3 is 0 Å². The average molecular weight is 620 g/mol. The van der Waals surface area contributed by atoms with Gasteiger partial charge in [-0.2, -0.15) is 0 Å². The van der Waals surface area contributed by atoms with Crippen LogP contribution in [0.5, 0.6) is 0 Å². The molecule has 4 atom stereocenters. The molecule has 2 aromatic carbocycles. The molecule has 4 unspecified atom stereocenters. The molecule has 3 aromatic heterocycles. The third-order valence-corrected chi connectivity index (χ3v) is 8.35. The summed E-state index contributed by atoms with van der Waals surface area (Å²) in [5.74, 6) is 0. The summed E-state index contributed by atoms with van der Waals surface area (Å²) in [6.45, 7) is 12.6. The number of pyridine rings is 3. The Morgan fingerprint density at radius 2 is 1.11 bits per heavy atom. The van der Waals surface area contributed by atoms with E-state index in [4.69, 9.17) is 4.98 Å². The fourth-order valence-electron chi connectivity index (χ4n) is 5.71. The number of aliphatic hydroxyl groups is 2. The maximum absolute atomic E-state index is 13.6. The van der Waals surface area contributed by atoms with Crippen LogP contribution in [0, 0.1) is 0 Å². The highest BCUT2D eigenvalue weighted by Gasteiger charge is 2.21. The minimum atomic E-state index is -0.741. The maximum Gasteiger partial charge on any atom is 0.260 e. The number of nitrogens with one attached hydrogen (secondary N) is 2. The van der Waals surface area contributed by atoms with Gasteiger partial charge in [-0.1, -0.05) is 72.8 Å². The molecule has 0 fully saturated rings. The molecule has 0 saturated heterocycles. The molecule has 0 aliphatic heterocycles. The van der Waals surface area contributed by atoms with Gasteiger partial charge in [0.05, 0.1) is 34.0 Å².